The second-order valence-corrected chi connectivity index (χ2v) is 6.39. The van der Waals surface area contributed by atoms with Crippen molar-refractivity contribution in [1.29, 1.82) is 0 Å². The number of carbonyl (C=O) groups excluding carboxylic acids is 2. The summed E-state index contributed by atoms with van der Waals surface area (Å²) in [6, 6.07) is 11.2. The van der Waals surface area contributed by atoms with Gasteiger partial charge in [-0.25, -0.2) is 9.18 Å². The third-order valence-corrected chi connectivity index (χ3v) is 4.47. The zero-order valence-electron chi connectivity index (χ0n) is 16.4. The zero-order chi connectivity index (χ0) is 20.8. The maximum absolute atomic E-state index is 13.1. The third-order valence-electron chi connectivity index (χ3n) is 4.47. The first-order chi connectivity index (χ1) is 14.0. The first-order valence-electron chi connectivity index (χ1n) is 9.50. The Kier molecular flexibility index (Phi) is 6.79. The molecule has 7 nitrogen and oxygen atoms in total. The topological polar surface area (TPSA) is 79.9 Å². The molecule has 3 amide bonds. The predicted octanol–water partition coefficient (Wildman–Crippen LogP) is 3.43. The number of ether oxygens (including phenoxy) is 2. The molecule has 0 saturated heterocycles. The molecule has 0 fully saturated rings. The number of benzene rings is 2. The minimum Gasteiger partial charge on any atom is -0.351 e. The molecule has 1 unspecified atom stereocenters. The van der Waals surface area contributed by atoms with Crippen LogP contribution in [-0.2, 0) is 14.3 Å². The SMILES string of the molecule is CCOC(CN1C(=O)C(NC(=O)Nc2ccc(F)cc2)c2ccccc21)OCC. The molecule has 3 rings (SSSR count). The van der Waals surface area contributed by atoms with E-state index in [4.69, 9.17) is 9.47 Å². The Bertz CT molecular complexity index is 853. The van der Waals surface area contributed by atoms with Gasteiger partial charge in [-0.15, -0.1) is 0 Å². The van der Waals surface area contributed by atoms with Crippen molar-refractivity contribution in [2.24, 2.45) is 0 Å². The third kappa shape index (κ3) is 4.90. The maximum atomic E-state index is 13.1. The van der Waals surface area contributed by atoms with Crippen molar-refractivity contribution in [3.05, 3.63) is 59.9 Å². The van der Waals surface area contributed by atoms with Crippen LogP contribution in [-0.4, -0.2) is 38.0 Å². The van der Waals surface area contributed by atoms with Gasteiger partial charge in [0.1, 0.15) is 11.9 Å². The fourth-order valence-electron chi connectivity index (χ4n) is 3.22. The largest absolute Gasteiger partial charge is 0.351 e. The van der Waals surface area contributed by atoms with Gasteiger partial charge < -0.3 is 25.0 Å². The Morgan fingerprint density at radius 3 is 2.41 bits per heavy atom. The van der Waals surface area contributed by atoms with Crippen LogP contribution >= 0.6 is 0 Å². The smallest absolute Gasteiger partial charge is 0.320 e. The molecule has 0 spiro atoms. The summed E-state index contributed by atoms with van der Waals surface area (Å²) in [4.78, 5) is 27.0. The summed E-state index contributed by atoms with van der Waals surface area (Å²) in [5.74, 6) is -0.672. The molecule has 0 aliphatic carbocycles. The Morgan fingerprint density at radius 1 is 1.10 bits per heavy atom. The molecule has 154 valence electrons. The van der Waals surface area contributed by atoms with Gasteiger partial charge in [0.25, 0.3) is 5.91 Å². The number of amides is 3. The highest BCUT2D eigenvalue weighted by molar-refractivity contribution is 6.07. The van der Waals surface area contributed by atoms with Gasteiger partial charge in [0.15, 0.2) is 6.29 Å². The summed E-state index contributed by atoms with van der Waals surface area (Å²) in [5, 5.41) is 5.31. The van der Waals surface area contributed by atoms with Gasteiger partial charge in [-0.05, 0) is 44.2 Å². The normalized spacial score (nSPS) is 15.5. The molecular formula is C21H24FN3O4. The fraction of sp³-hybridized carbons (Fsp3) is 0.333. The highest BCUT2D eigenvalue weighted by Gasteiger charge is 2.39. The lowest BCUT2D eigenvalue weighted by Crippen LogP contribution is -2.43. The van der Waals surface area contributed by atoms with Gasteiger partial charge in [0.2, 0.25) is 0 Å². The molecule has 0 bridgehead atoms. The van der Waals surface area contributed by atoms with Crippen molar-refractivity contribution in [2.75, 3.05) is 30.0 Å². The van der Waals surface area contributed by atoms with E-state index in [1.165, 1.54) is 24.3 Å². The molecule has 2 N–H and O–H groups in total. The first-order valence-corrected chi connectivity index (χ1v) is 9.50. The molecular weight excluding hydrogens is 377 g/mol. The molecule has 1 atom stereocenters. The minimum absolute atomic E-state index is 0.218. The number of carbonyl (C=O) groups is 2. The maximum Gasteiger partial charge on any atom is 0.320 e. The molecule has 1 aliphatic heterocycles. The van der Waals surface area contributed by atoms with Crippen molar-refractivity contribution in [1.82, 2.24) is 5.32 Å². The average molecular weight is 401 g/mol. The van der Waals surface area contributed by atoms with Crippen LogP contribution in [0.25, 0.3) is 0 Å². The molecule has 1 heterocycles. The lowest BCUT2D eigenvalue weighted by molar-refractivity contribution is -0.135. The van der Waals surface area contributed by atoms with Crippen molar-refractivity contribution in [3.63, 3.8) is 0 Å². The van der Waals surface area contributed by atoms with Gasteiger partial charge in [-0.3, -0.25) is 4.79 Å². The lowest BCUT2D eigenvalue weighted by Gasteiger charge is -2.24. The molecule has 29 heavy (non-hydrogen) atoms. The average Bonchev–Trinajstić information content (AvgIpc) is 2.96. The van der Waals surface area contributed by atoms with Gasteiger partial charge >= 0.3 is 6.03 Å². The van der Waals surface area contributed by atoms with Crippen LogP contribution in [0, 0.1) is 5.82 Å². The number of anilines is 2. The standard InChI is InChI=1S/C21H24FN3O4/c1-3-28-18(29-4-2)13-25-17-8-6-5-7-16(17)19(20(25)26)24-21(27)23-15-11-9-14(22)10-12-15/h5-12,18-19H,3-4,13H2,1-2H3,(H2,23,24,27). The van der Waals surface area contributed by atoms with E-state index in [0.717, 1.165) is 0 Å². The number of nitrogens with zero attached hydrogens (tertiary/aromatic N) is 1. The van der Waals surface area contributed by atoms with Crippen molar-refractivity contribution < 1.29 is 23.5 Å². The van der Waals surface area contributed by atoms with Crippen LogP contribution in [0.1, 0.15) is 25.5 Å². The Balaban J connectivity index is 1.74. The summed E-state index contributed by atoms with van der Waals surface area (Å²) in [7, 11) is 0. The van der Waals surface area contributed by atoms with E-state index >= 15 is 0 Å². The quantitative estimate of drug-likeness (QED) is 0.664. The molecule has 0 saturated carbocycles. The Labute approximate surface area is 168 Å². The van der Waals surface area contributed by atoms with E-state index in [9.17, 15) is 14.0 Å². The molecule has 0 radical (unpaired) electrons. The zero-order valence-corrected chi connectivity index (χ0v) is 16.4. The molecule has 1 aliphatic rings. The minimum atomic E-state index is -0.837. The summed E-state index contributed by atoms with van der Waals surface area (Å²) < 4.78 is 24.2. The van der Waals surface area contributed by atoms with E-state index < -0.39 is 24.2 Å². The van der Waals surface area contributed by atoms with Crippen molar-refractivity contribution >= 4 is 23.3 Å². The fourth-order valence-corrected chi connectivity index (χ4v) is 3.22. The van der Waals surface area contributed by atoms with Crippen LogP contribution in [0.3, 0.4) is 0 Å². The van der Waals surface area contributed by atoms with E-state index in [2.05, 4.69) is 10.6 Å². The number of halogens is 1. The van der Waals surface area contributed by atoms with Gasteiger partial charge in [0, 0.05) is 30.2 Å². The van der Waals surface area contributed by atoms with E-state index in [0.29, 0.717) is 30.2 Å². The van der Waals surface area contributed by atoms with Crippen LogP contribution in [0.2, 0.25) is 0 Å². The Hall–Kier alpha value is -2.97. The van der Waals surface area contributed by atoms with Gasteiger partial charge in [-0.2, -0.15) is 0 Å². The number of rotatable bonds is 8. The molecule has 2 aromatic rings. The van der Waals surface area contributed by atoms with Crippen LogP contribution in [0.15, 0.2) is 48.5 Å². The first kappa shape index (κ1) is 20.8. The summed E-state index contributed by atoms with van der Waals surface area (Å²) >= 11 is 0. The van der Waals surface area contributed by atoms with E-state index in [-0.39, 0.29) is 12.5 Å². The van der Waals surface area contributed by atoms with E-state index in [1.807, 2.05) is 32.0 Å². The number of urea groups is 1. The second kappa shape index (κ2) is 9.49. The van der Waals surface area contributed by atoms with Crippen molar-refractivity contribution in [2.45, 2.75) is 26.2 Å². The monoisotopic (exact) mass is 401 g/mol. The number of fused-ring (bicyclic) bond motifs is 1. The van der Waals surface area contributed by atoms with Gasteiger partial charge in [-0.1, -0.05) is 18.2 Å². The molecule has 2 aromatic carbocycles. The van der Waals surface area contributed by atoms with Gasteiger partial charge in [0.05, 0.1) is 6.54 Å². The molecule has 8 heteroatoms. The Morgan fingerprint density at radius 2 is 1.76 bits per heavy atom. The number of hydrogen-bond acceptors (Lipinski definition) is 4. The highest BCUT2D eigenvalue weighted by Crippen LogP contribution is 2.36. The van der Waals surface area contributed by atoms with E-state index in [1.54, 1.807) is 11.0 Å². The molecule has 0 aromatic heterocycles. The van der Waals surface area contributed by atoms with Crippen LogP contribution in [0.5, 0.6) is 0 Å². The summed E-state index contributed by atoms with van der Waals surface area (Å²) in [6.07, 6.45) is -0.561. The van der Waals surface area contributed by atoms with Crippen LogP contribution < -0.4 is 15.5 Å². The van der Waals surface area contributed by atoms with Crippen molar-refractivity contribution in [3.8, 4) is 0 Å². The number of nitrogens with one attached hydrogen (secondary N) is 2. The van der Waals surface area contributed by atoms with Crippen LogP contribution in [0.4, 0.5) is 20.6 Å². The lowest BCUT2D eigenvalue weighted by atomic mass is 10.1. The summed E-state index contributed by atoms with van der Waals surface area (Å²) in [5.41, 5.74) is 1.82. The second-order valence-electron chi connectivity index (χ2n) is 6.39. The summed E-state index contributed by atoms with van der Waals surface area (Å²) in [6.45, 7) is 4.84. The number of hydrogen-bond donors (Lipinski definition) is 2. The highest BCUT2D eigenvalue weighted by atomic mass is 19.1. The number of para-hydroxylation sites is 1. The predicted molar refractivity (Wildman–Crippen MR) is 107 cm³/mol.